The third kappa shape index (κ3) is 3.43. The van der Waals surface area contributed by atoms with E-state index in [1.165, 1.54) is 13.3 Å². The van der Waals surface area contributed by atoms with Gasteiger partial charge in [-0.3, -0.25) is 4.79 Å². The summed E-state index contributed by atoms with van der Waals surface area (Å²) in [7, 11) is 0. The quantitative estimate of drug-likeness (QED) is 0.745. The van der Waals surface area contributed by atoms with Gasteiger partial charge in [-0.1, -0.05) is 12.1 Å². The maximum absolute atomic E-state index is 12.2. The van der Waals surface area contributed by atoms with Crippen LogP contribution in [0.4, 0.5) is 5.69 Å². The molecular weight excluding hydrogens is 308 g/mol. The van der Waals surface area contributed by atoms with E-state index < -0.39 is 18.0 Å². The lowest BCUT2D eigenvalue weighted by atomic mass is 10.2. The number of carbonyl (C=O) groups is 2. The molecule has 0 aliphatic carbocycles. The molecule has 6 heteroatoms. The van der Waals surface area contributed by atoms with Crippen molar-refractivity contribution in [2.75, 3.05) is 5.32 Å². The van der Waals surface area contributed by atoms with E-state index in [2.05, 4.69) is 10.3 Å². The normalized spacial score (nSPS) is 11.9. The van der Waals surface area contributed by atoms with Crippen LogP contribution in [0.25, 0.3) is 11.1 Å². The number of amides is 1. The van der Waals surface area contributed by atoms with Crippen molar-refractivity contribution in [2.45, 2.75) is 20.0 Å². The lowest BCUT2D eigenvalue weighted by Crippen LogP contribution is -2.30. The van der Waals surface area contributed by atoms with Crippen LogP contribution in [0.1, 0.15) is 22.8 Å². The summed E-state index contributed by atoms with van der Waals surface area (Å²) in [4.78, 5) is 28.3. The van der Waals surface area contributed by atoms with E-state index in [1.807, 2.05) is 25.1 Å². The number of hydrogen-bond acceptors (Lipinski definition) is 5. The first-order valence-electron chi connectivity index (χ1n) is 7.45. The largest absolute Gasteiger partial charge is 0.449 e. The van der Waals surface area contributed by atoms with Crippen molar-refractivity contribution in [3.8, 4) is 0 Å². The Morgan fingerprint density at radius 1 is 1.21 bits per heavy atom. The second-order valence-electron chi connectivity index (χ2n) is 5.44. The summed E-state index contributed by atoms with van der Waals surface area (Å²) in [6, 6.07) is 12.2. The Hall–Kier alpha value is -3.15. The third-order valence-electron chi connectivity index (χ3n) is 3.50. The van der Waals surface area contributed by atoms with Crippen molar-refractivity contribution >= 4 is 28.7 Å². The molecule has 1 atom stereocenters. The first kappa shape index (κ1) is 15.7. The maximum atomic E-state index is 12.2. The van der Waals surface area contributed by atoms with Crippen molar-refractivity contribution in [3.63, 3.8) is 0 Å². The van der Waals surface area contributed by atoms with Crippen LogP contribution >= 0.6 is 0 Å². The molecule has 1 N–H and O–H groups in total. The van der Waals surface area contributed by atoms with Gasteiger partial charge in [-0.15, -0.1) is 0 Å². The van der Waals surface area contributed by atoms with E-state index in [0.717, 1.165) is 5.56 Å². The number of anilines is 1. The Morgan fingerprint density at radius 3 is 2.83 bits per heavy atom. The van der Waals surface area contributed by atoms with Crippen molar-refractivity contribution < 1.29 is 18.7 Å². The summed E-state index contributed by atoms with van der Waals surface area (Å²) in [5, 5.41) is 2.72. The van der Waals surface area contributed by atoms with E-state index in [9.17, 15) is 9.59 Å². The van der Waals surface area contributed by atoms with Gasteiger partial charge >= 0.3 is 5.97 Å². The molecule has 1 amide bonds. The summed E-state index contributed by atoms with van der Waals surface area (Å²) in [5.41, 5.74) is 3.13. The highest BCUT2D eigenvalue weighted by Crippen LogP contribution is 2.16. The van der Waals surface area contributed by atoms with Gasteiger partial charge < -0.3 is 14.5 Å². The zero-order valence-corrected chi connectivity index (χ0v) is 13.3. The number of esters is 1. The lowest BCUT2D eigenvalue weighted by molar-refractivity contribution is -0.123. The molecule has 1 heterocycles. The molecule has 0 bridgehead atoms. The van der Waals surface area contributed by atoms with Gasteiger partial charge in [0, 0.05) is 5.69 Å². The maximum Gasteiger partial charge on any atom is 0.338 e. The molecule has 122 valence electrons. The van der Waals surface area contributed by atoms with Crippen LogP contribution in [0.2, 0.25) is 0 Å². The predicted molar refractivity (Wildman–Crippen MR) is 88.7 cm³/mol. The number of nitrogens with one attached hydrogen (secondary N) is 1. The second-order valence-corrected chi connectivity index (χ2v) is 5.44. The van der Waals surface area contributed by atoms with Crippen LogP contribution in [-0.4, -0.2) is 23.0 Å². The molecule has 2 aromatic carbocycles. The molecule has 1 unspecified atom stereocenters. The van der Waals surface area contributed by atoms with E-state index in [0.29, 0.717) is 22.4 Å². The summed E-state index contributed by atoms with van der Waals surface area (Å²) in [6.07, 6.45) is 0.378. The zero-order chi connectivity index (χ0) is 17.1. The number of oxazole rings is 1. The van der Waals surface area contributed by atoms with Crippen LogP contribution in [0.5, 0.6) is 0 Å². The Balaban J connectivity index is 1.65. The molecule has 0 aliphatic rings. The average Bonchev–Trinajstić information content (AvgIpc) is 3.02. The predicted octanol–water partition coefficient (Wildman–Crippen LogP) is 3.32. The molecule has 6 nitrogen and oxygen atoms in total. The summed E-state index contributed by atoms with van der Waals surface area (Å²) >= 11 is 0. The molecule has 3 rings (SSSR count). The van der Waals surface area contributed by atoms with Crippen LogP contribution in [0.15, 0.2) is 53.3 Å². The summed E-state index contributed by atoms with van der Waals surface area (Å²) in [5.74, 6) is -0.983. The highest BCUT2D eigenvalue weighted by Gasteiger charge is 2.19. The molecule has 1 aromatic heterocycles. The molecule has 0 fully saturated rings. The van der Waals surface area contributed by atoms with Gasteiger partial charge in [0.2, 0.25) is 0 Å². The number of aryl methyl sites for hydroxylation is 1. The number of rotatable bonds is 4. The highest BCUT2D eigenvalue weighted by molar-refractivity contribution is 5.98. The Labute approximate surface area is 138 Å². The van der Waals surface area contributed by atoms with Crippen molar-refractivity contribution in [1.29, 1.82) is 0 Å². The molecule has 0 aliphatic heterocycles. The Bertz CT molecular complexity index is 901. The van der Waals surface area contributed by atoms with Crippen LogP contribution in [-0.2, 0) is 9.53 Å². The smallest absolute Gasteiger partial charge is 0.338 e. The van der Waals surface area contributed by atoms with E-state index in [1.54, 1.807) is 24.3 Å². The minimum atomic E-state index is -0.925. The number of carbonyl (C=O) groups excluding carboxylic acids is 2. The zero-order valence-electron chi connectivity index (χ0n) is 13.3. The lowest BCUT2D eigenvalue weighted by Gasteiger charge is -2.13. The molecule has 0 saturated carbocycles. The number of fused-ring (bicyclic) bond motifs is 1. The minimum absolute atomic E-state index is 0.312. The van der Waals surface area contributed by atoms with E-state index >= 15 is 0 Å². The second kappa shape index (κ2) is 6.54. The van der Waals surface area contributed by atoms with Gasteiger partial charge in [-0.25, -0.2) is 9.78 Å². The van der Waals surface area contributed by atoms with Gasteiger partial charge in [0.15, 0.2) is 18.1 Å². The van der Waals surface area contributed by atoms with Gasteiger partial charge in [-0.2, -0.15) is 0 Å². The van der Waals surface area contributed by atoms with E-state index in [-0.39, 0.29) is 0 Å². The van der Waals surface area contributed by atoms with Crippen LogP contribution in [0, 0.1) is 6.92 Å². The van der Waals surface area contributed by atoms with Gasteiger partial charge in [0.1, 0.15) is 5.52 Å². The van der Waals surface area contributed by atoms with Gasteiger partial charge in [0.05, 0.1) is 5.56 Å². The van der Waals surface area contributed by atoms with E-state index in [4.69, 9.17) is 9.15 Å². The van der Waals surface area contributed by atoms with Crippen molar-refractivity contribution in [3.05, 3.63) is 60.0 Å². The average molecular weight is 324 g/mol. The summed E-state index contributed by atoms with van der Waals surface area (Å²) < 4.78 is 10.3. The fourth-order valence-electron chi connectivity index (χ4n) is 2.23. The number of aromatic nitrogens is 1. The fourth-order valence-corrected chi connectivity index (χ4v) is 2.23. The van der Waals surface area contributed by atoms with Gasteiger partial charge in [-0.05, 0) is 49.7 Å². The SMILES string of the molecule is Cc1cccc(NC(=O)C(C)OC(=O)c2ccc3ocnc3c2)c1. The first-order chi connectivity index (χ1) is 11.5. The molecule has 0 spiro atoms. The fraction of sp³-hybridized carbons (Fsp3) is 0.167. The van der Waals surface area contributed by atoms with Crippen molar-refractivity contribution in [1.82, 2.24) is 4.98 Å². The van der Waals surface area contributed by atoms with Crippen molar-refractivity contribution in [2.24, 2.45) is 0 Å². The third-order valence-corrected chi connectivity index (χ3v) is 3.50. The highest BCUT2D eigenvalue weighted by atomic mass is 16.5. The molecule has 3 aromatic rings. The topological polar surface area (TPSA) is 81.4 Å². The monoisotopic (exact) mass is 324 g/mol. The Kier molecular flexibility index (Phi) is 4.29. The molecular formula is C18H16N2O4. The molecule has 0 saturated heterocycles. The van der Waals surface area contributed by atoms with Gasteiger partial charge in [0.25, 0.3) is 5.91 Å². The van der Waals surface area contributed by atoms with Crippen LogP contribution in [0.3, 0.4) is 0 Å². The number of hydrogen-bond donors (Lipinski definition) is 1. The standard InChI is InChI=1S/C18H16N2O4/c1-11-4-3-5-14(8-11)20-17(21)12(2)24-18(22)13-6-7-16-15(9-13)19-10-23-16/h3-10,12H,1-2H3,(H,20,21). The first-order valence-corrected chi connectivity index (χ1v) is 7.45. The number of ether oxygens (including phenoxy) is 1. The number of nitrogens with zero attached hydrogens (tertiary/aromatic N) is 1. The molecule has 0 radical (unpaired) electrons. The summed E-state index contributed by atoms with van der Waals surface area (Å²) in [6.45, 7) is 3.46. The van der Waals surface area contributed by atoms with Crippen LogP contribution < -0.4 is 5.32 Å². The number of benzene rings is 2. The minimum Gasteiger partial charge on any atom is -0.449 e. The Morgan fingerprint density at radius 2 is 2.04 bits per heavy atom. The molecule has 24 heavy (non-hydrogen) atoms.